The number of hydrogen-bond donors (Lipinski definition) is 23. The van der Waals surface area contributed by atoms with Crippen molar-refractivity contribution in [3.05, 3.63) is 71.8 Å². The summed E-state index contributed by atoms with van der Waals surface area (Å²) in [4.78, 5) is 201. The number of benzene rings is 2. The van der Waals surface area contributed by atoms with Gasteiger partial charge in [-0.05, 0) is 102 Å². The number of nitrogens with zero attached hydrogens (tertiary/aromatic N) is 2. The number of aliphatic hydroxyl groups excluding tert-OH is 2. The number of unbranched alkanes of at least 4 members (excludes halogenated alkanes) is 2. The van der Waals surface area contributed by atoms with Gasteiger partial charge in [-0.3, -0.25) is 77.1 Å². The topological polar surface area (TPSA) is 669 Å². The lowest BCUT2D eigenvalue weighted by atomic mass is 10.0. The summed E-state index contributed by atoms with van der Waals surface area (Å²) in [5, 5.41) is 53.4. The highest BCUT2D eigenvalue weighted by molar-refractivity contribution is 8.76. The number of nitrogens with two attached hydrogens (primary N) is 8. The van der Waals surface area contributed by atoms with Gasteiger partial charge < -0.3 is 125 Å². The molecule has 41 heteroatoms. The summed E-state index contributed by atoms with van der Waals surface area (Å²) in [6.45, 7) is -0.681. The molecule has 105 heavy (non-hydrogen) atoms. The SMILES string of the molecule is C[C@@H]1NC(=O)CNC(=O)[C@H]([C@@H](C)O)NC(=O)[C@H](Cc2ccccc2)NC(=O)CNC(=O)CNC(=O)[C@H](Cc2ccccc2)NC(=O)[C@@H](N)CSSC[C@@H](C(=O)N[C@@H](CCCN=C(N)N)C(=O)N[C@@H](CCCCN)C(N)=O)NC(=O)[C@H](CO)NC(=O)[C@H](CCCCN)NC(=O)[C@H](CCCN=C(N)N)NC1=O. The molecule has 14 amide bonds. The number of hydrogen-bond acceptors (Lipinski definition) is 23. The minimum atomic E-state index is -1.87. The summed E-state index contributed by atoms with van der Waals surface area (Å²) in [5.74, 6) is -14.7. The molecule has 3 rings (SSSR count). The number of rotatable bonds is 27. The van der Waals surface area contributed by atoms with Crippen molar-refractivity contribution in [1.82, 2.24) is 69.1 Å². The average Bonchev–Trinajstić information content (AvgIpc) is 0.870. The third-order valence-electron chi connectivity index (χ3n) is 15.7. The first-order valence-corrected chi connectivity index (χ1v) is 36.5. The first-order valence-electron chi connectivity index (χ1n) is 34.0. The van der Waals surface area contributed by atoms with Gasteiger partial charge in [-0.1, -0.05) is 82.3 Å². The molecule has 1 heterocycles. The van der Waals surface area contributed by atoms with Crippen LogP contribution in [0.1, 0.15) is 89.2 Å². The second-order valence-corrected chi connectivity index (χ2v) is 26.9. The van der Waals surface area contributed by atoms with Crippen molar-refractivity contribution in [2.24, 2.45) is 55.9 Å². The number of guanidine groups is 2. The number of carbonyl (C=O) groups is 14. The monoisotopic (exact) mass is 1510 g/mol. The summed E-state index contributed by atoms with van der Waals surface area (Å²) >= 11 is 0. The van der Waals surface area contributed by atoms with Crippen LogP contribution in [-0.2, 0) is 80.0 Å². The van der Waals surface area contributed by atoms with Gasteiger partial charge in [0, 0.05) is 37.4 Å². The molecule has 0 spiro atoms. The molecule has 1 aliphatic heterocycles. The average molecular weight is 1510 g/mol. The third-order valence-corrected chi connectivity index (χ3v) is 18.1. The zero-order valence-electron chi connectivity index (χ0n) is 58.7. The van der Waals surface area contributed by atoms with E-state index in [4.69, 9.17) is 45.9 Å². The number of amides is 14. The molecule has 39 nitrogen and oxygen atoms in total. The van der Waals surface area contributed by atoms with Crippen LogP contribution in [0, 0.1) is 0 Å². The number of nitrogens with one attached hydrogen (secondary N) is 13. The quantitative estimate of drug-likeness (QED) is 0.0171. The zero-order valence-corrected chi connectivity index (χ0v) is 60.3. The van der Waals surface area contributed by atoms with Crippen molar-refractivity contribution in [2.45, 2.75) is 163 Å². The Bertz CT molecular complexity index is 3260. The number of aliphatic hydroxyl groups is 2. The van der Waals surface area contributed by atoms with Crippen LogP contribution in [0.3, 0.4) is 0 Å². The molecule has 0 bridgehead atoms. The van der Waals surface area contributed by atoms with Crippen LogP contribution in [0.15, 0.2) is 70.6 Å². The molecule has 582 valence electrons. The maximum Gasteiger partial charge on any atom is 0.245 e. The van der Waals surface area contributed by atoms with Gasteiger partial charge in [0.2, 0.25) is 82.7 Å². The molecule has 0 unspecified atom stereocenters. The van der Waals surface area contributed by atoms with Crippen LogP contribution < -0.4 is 115 Å². The lowest BCUT2D eigenvalue weighted by molar-refractivity contribution is -0.136. The van der Waals surface area contributed by atoms with E-state index in [9.17, 15) is 77.3 Å². The predicted octanol–water partition coefficient (Wildman–Crippen LogP) is -9.37. The van der Waals surface area contributed by atoms with Crippen molar-refractivity contribution in [3.63, 3.8) is 0 Å². The van der Waals surface area contributed by atoms with E-state index >= 15 is 0 Å². The Morgan fingerprint density at radius 3 is 1.56 bits per heavy atom. The molecule has 1 aliphatic rings. The normalized spacial score (nSPS) is 22.6. The highest BCUT2D eigenvalue weighted by atomic mass is 33.1. The second kappa shape index (κ2) is 48.9. The summed E-state index contributed by atoms with van der Waals surface area (Å²) in [6, 6.07) is 0.130. The molecule has 0 aliphatic carbocycles. The van der Waals surface area contributed by atoms with Gasteiger partial charge in [0.05, 0.1) is 38.4 Å². The molecule has 1 saturated heterocycles. The van der Waals surface area contributed by atoms with Gasteiger partial charge in [-0.25, -0.2) is 0 Å². The molecule has 0 aromatic heterocycles. The van der Waals surface area contributed by atoms with Crippen LogP contribution in [0.2, 0.25) is 0 Å². The van der Waals surface area contributed by atoms with Crippen molar-refractivity contribution < 1.29 is 77.3 Å². The minimum Gasteiger partial charge on any atom is -0.394 e. The standard InChI is InChI=1S/C64H103N23O16S2/c1-35-53(94)81-42(21-13-25-73-63(69)70)57(98)82-41(20-10-12-24-66)58(99)85-46(32-88)60(101)86-47(61(102)83-43(22-14-26-74-64(71)72)56(97)80-40(52(68)93)19-9-11-23-65)34-105-104-33-39(67)54(95)84-44(27-37-15-5-3-6-16-37)55(96)76-29-48(90)75-30-50(92)79-45(28-38-17-7-4-8-18-38)59(100)87-51(36(2)89)62(103)77-31-49(91)78-35/h3-8,15-18,35-36,39-47,51,88-89H,9-14,19-34,65-67H2,1-2H3,(H2,68,93)(H,75,90)(H,76,96)(H,77,103)(H,78,91)(H,79,92)(H,80,97)(H,81,94)(H,82,98)(H,83,102)(H,84,95)(H,85,99)(H,86,101)(H,87,100)(H4,69,70,73)(H4,71,72,74)/t35-,36+,39-,40-,41-,42-,43-,44-,45-,46-,47-,51-/m0/s1. The van der Waals surface area contributed by atoms with E-state index in [0.717, 1.165) is 28.5 Å². The maximum atomic E-state index is 14.6. The predicted molar refractivity (Wildman–Crippen MR) is 391 cm³/mol. The smallest absolute Gasteiger partial charge is 0.245 e. The Morgan fingerprint density at radius 2 is 0.990 bits per heavy atom. The summed E-state index contributed by atoms with van der Waals surface area (Å²) in [6.07, 6.45) is -0.768. The van der Waals surface area contributed by atoms with E-state index in [2.05, 4.69) is 79.1 Å². The van der Waals surface area contributed by atoms with Gasteiger partial charge >= 0.3 is 0 Å². The van der Waals surface area contributed by atoms with E-state index in [1.54, 1.807) is 60.7 Å². The van der Waals surface area contributed by atoms with Gasteiger partial charge in [-0.2, -0.15) is 0 Å². The van der Waals surface area contributed by atoms with Gasteiger partial charge in [0.25, 0.3) is 0 Å². The fourth-order valence-corrected chi connectivity index (χ4v) is 12.2. The number of primary amides is 1. The molecule has 31 N–H and O–H groups in total. The molecular weight excluding hydrogens is 1410 g/mol. The Hall–Kier alpha value is -9.94. The van der Waals surface area contributed by atoms with Crippen molar-refractivity contribution >= 4 is 116 Å². The maximum absolute atomic E-state index is 14.6. The fourth-order valence-electron chi connectivity index (χ4n) is 9.90. The molecule has 0 saturated carbocycles. The highest BCUT2D eigenvalue weighted by Gasteiger charge is 2.36. The summed E-state index contributed by atoms with van der Waals surface area (Å²) < 4.78 is 0. The molecular formula is C64H103N23O16S2. The third kappa shape index (κ3) is 35.4. The Kier molecular flexibility index (Phi) is 41.6. The number of carbonyl (C=O) groups excluding carboxylic acids is 14. The van der Waals surface area contributed by atoms with Crippen LogP contribution in [-0.4, -0.2) is 241 Å². The van der Waals surface area contributed by atoms with Crippen LogP contribution >= 0.6 is 21.6 Å². The van der Waals surface area contributed by atoms with E-state index in [0.29, 0.717) is 30.4 Å². The van der Waals surface area contributed by atoms with Gasteiger partial charge in [0.1, 0.15) is 60.4 Å². The van der Waals surface area contributed by atoms with Crippen molar-refractivity contribution in [2.75, 3.05) is 63.9 Å². The van der Waals surface area contributed by atoms with Crippen molar-refractivity contribution in [1.29, 1.82) is 0 Å². The zero-order chi connectivity index (χ0) is 78.0. The number of aliphatic imine (C=N–C) groups is 2. The molecule has 0 radical (unpaired) electrons. The minimum absolute atomic E-state index is 0.0230. The molecule has 1 fully saturated rings. The lowest BCUT2D eigenvalue weighted by Crippen LogP contribution is -2.61. The van der Waals surface area contributed by atoms with Crippen LogP contribution in [0.4, 0.5) is 0 Å². The lowest BCUT2D eigenvalue weighted by Gasteiger charge is -2.27. The van der Waals surface area contributed by atoms with E-state index in [-0.39, 0.29) is 102 Å². The highest BCUT2D eigenvalue weighted by Crippen LogP contribution is 2.23. The first-order chi connectivity index (χ1) is 50.0. The Morgan fingerprint density at radius 1 is 0.514 bits per heavy atom. The van der Waals surface area contributed by atoms with E-state index in [1.807, 2.05) is 0 Å². The molecule has 2 aromatic rings. The van der Waals surface area contributed by atoms with E-state index < -0.39 is 187 Å². The Labute approximate surface area is 615 Å². The molecule has 2 aromatic carbocycles. The van der Waals surface area contributed by atoms with Crippen LogP contribution in [0.25, 0.3) is 0 Å². The van der Waals surface area contributed by atoms with Crippen LogP contribution in [0.5, 0.6) is 0 Å². The summed E-state index contributed by atoms with van der Waals surface area (Å²) in [5.41, 5.74) is 46.7. The fraction of sp³-hybridized carbons (Fsp3) is 0.562. The first kappa shape index (κ1) is 89.3. The van der Waals surface area contributed by atoms with Gasteiger partial charge in [-0.15, -0.1) is 0 Å². The Balaban J connectivity index is 2.13. The molecule has 12 atom stereocenters. The second-order valence-electron chi connectivity index (χ2n) is 24.4. The van der Waals surface area contributed by atoms with Gasteiger partial charge in [0.15, 0.2) is 11.9 Å². The van der Waals surface area contributed by atoms with E-state index in [1.165, 1.54) is 6.92 Å². The summed E-state index contributed by atoms with van der Waals surface area (Å²) in [7, 11) is 1.81. The largest absolute Gasteiger partial charge is 0.394 e. The van der Waals surface area contributed by atoms with Crippen molar-refractivity contribution in [3.8, 4) is 0 Å².